The number of para-hydroxylation sites is 2. The summed E-state index contributed by atoms with van der Waals surface area (Å²) in [5, 5.41) is 0. The first-order valence-corrected chi connectivity index (χ1v) is 7.61. The third-order valence-corrected chi connectivity index (χ3v) is 4.15. The molecule has 1 aliphatic carbocycles. The standard InChI is InChI=1S/C17H19NO3/c19-13-4-3-6-15(20)12(8-10-13)9-11-17-18-14-5-1-2-7-16(14)21-17/h1-2,5,7,12H,3-4,6,8-11H2. The molecule has 1 atom stereocenters. The van der Waals surface area contributed by atoms with Crippen molar-refractivity contribution < 1.29 is 14.0 Å². The third kappa shape index (κ3) is 3.38. The van der Waals surface area contributed by atoms with Gasteiger partial charge in [0.2, 0.25) is 0 Å². The van der Waals surface area contributed by atoms with Crippen LogP contribution in [-0.2, 0) is 16.0 Å². The number of aryl methyl sites for hydroxylation is 1. The highest BCUT2D eigenvalue weighted by molar-refractivity contribution is 5.85. The fourth-order valence-electron chi connectivity index (χ4n) is 2.92. The van der Waals surface area contributed by atoms with Gasteiger partial charge in [0, 0.05) is 31.6 Å². The van der Waals surface area contributed by atoms with Crippen molar-refractivity contribution in [2.45, 2.75) is 44.9 Å². The molecule has 0 saturated heterocycles. The number of nitrogens with zero attached hydrogens (tertiary/aromatic N) is 1. The molecular weight excluding hydrogens is 266 g/mol. The van der Waals surface area contributed by atoms with Crippen molar-refractivity contribution in [2.24, 2.45) is 5.92 Å². The normalized spacial score (nSPS) is 20.5. The number of Topliss-reactive ketones (excluding diaryl/α,β-unsaturated/α-hetero) is 2. The highest BCUT2D eigenvalue weighted by Crippen LogP contribution is 2.23. The molecule has 110 valence electrons. The molecule has 1 aliphatic rings. The minimum absolute atomic E-state index is 0.0238. The zero-order valence-electron chi connectivity index (χ0n) is 12.0. The van der Waals surface area contributed by atoms with E-state index < -0.39 is 0 Å². The van der Waals surface area contributed by atoms with Crippen LogP contribution in [0.3, 0.4) is 0 Å². The van der Waals surface area contributed by atoms with E-state index in [9.17, 15) is 9.59 Å². The first-order chi connectivity index (χ1) is 10.2. The van der Waals surface area contributed by atoms with Crippen molar-refractivity contribution in [3.63, 3.8) is 0 Å². The number of ketones is 2. The van der Waals surface area contributed by atoms with Crippen molar-refractivity contribution in [3.8, 4) is 0 Å². The SMILES string of the molecule is O=C1CCCC(=O)C(CCc2nc3ccccc3o2)CC1. The van der Waals surface area contributed by atoms with Crippen molar-refractivity contribution in [2.75, 3.05) is 0 Å². The number of benzene rings is 1. The maximum absolute atomic E-state index is 12.1. The molecule has 1 fully saturated rings. The van der Waals surface area contributed by atoms with Gasteiger partial charge in [0.25, 0.3) is 0 Å². The molecule has 0 spiro atoms. The lowest BCUT2D eigenvalue weighted by atomic mass is 9.86. The lowest BCUT2D eigenvalue weighted by Crippen LogP contribution is -2.19. The fraction of sp³-hybridized carbons (Fsp3) is 0.471. The van der Waals surface area contributed by atoms with Crippen LogP contribution in [0.4, 0.5) is 0 Å². The summed E-state index contributed by atoms with van der Waals surface area (Å²) in [6.07, 6.45) is 4.38. The first kappa shape index (κ1) is 14.0. The molecule has 1 aromatic carbocycles. The molecule has 3 rings (SSSR count). The Hall–Kier alpha value is -1.97. The summed E-state index contributed by atoms with van der Waals surface area (Å²) in [7, 11) is 0. The summed E-state index contributed by atoms with van der Waals surface area (Å²) in [5.41, 5.74) is 1.64. The maximum atomic E-state index is 12.1. The lowest BCUT2D eigenvalue weighted by molar-refractivity contribution is -0.126. The molecule has 2 aromatic rings. The molecule has 1 unspecified atom stereocenters. The zero-order chi connectivity index (χ0) is 14.7. The molecule has 1 aromatic heterocycles. The highest BCUT2D eigenvalue weighted by atomic mass is 16.3. The Labute approximate surface area is 123 Å². The Morgan fingerprint density at radius 2 is 2.00 bits per heavy atom. The average Bonchev–Trinajstić information content (AvgIpc) is 2.88. The first-order valence-electron chi connectivity index (χ1n) is 7.61. The minimum atomic E-state index is -0.0238. The van der Waals surface area contributed by atoms with Gasteiger partial charge in [-0.1, -0.05) is 12.1 Å². The van der Waals surface area contributed by atoms with E-state index in [2.05, 4.69) is 4.98 Å². The van der Waals surface area contributed by atoms with Gasteiger partial charge in [0.1, 0.15) is 17.1 Å². The largest absolute Gasteiger partial charge is 0.441 e. The van der Waals surface area contributed by atoms with Crippen molar-refractivity contribution in [1.82, 2.24) is 4.98 Å². The summed E-state index contributed by atoms with van der Waals surface area (Å²) in [4.78, 5) is 28.1. The number of hydrogen-bond donors (Lipinski definition) is 0. The number of aromatic nitrogens is 1. The van der Waals surface area contributed by atoms with Gasteiger partial charge in [-0.05, 0) is 31.4 Å². The predicted molar refractivity (Wildman–Crippen MR) is 78.9 cm³/mol. The van der Waals surface area contributed by atoms with E-state index in [4.69, 9.17) is 4.42 Å². The number of hydrogen-bond acceptors (Lipinski definition) is 4. The quantitative estimate of drug-likeness (QED) is 0.866. The van der Waals surface area contributed by atoms with E-state index in [-0.39, 0.29) is 11.7 Å². The maximum Gasteiger partial charge on any atom is 0.195 e. The van der Waals surface area contributed by atoms with Crippen LogP contribution in [0, 0.1) is 5.92 Å². The van der Waals surface area contributed by atoms with Gasteiger partial charge in [-0.3, -0.25) is 9.59 Å². The van der Waals surface area contributed by atoms with Crippen molar-refractivity contribution in [3.05, 3.63) is 30.2 Å². The Balaban J connectivity index is 1.64. The second-order valence-corrected chi connectivity index (χ2v) is 5.71. The molecule has 0 N–H and O–H groups in total. The van der Waals surface area contributed by atoms with Gasteiger partial charge < -0.3 is 4.42 Å². The van der Waals surface area contributed by atoms with Gasteiger partial charge in [0.15, 0.2) is 11.5 Å². The van der Waals surface area contributed by atoms with Gasteiger partial charge >= 0.3 is 0 Å². The highest BCUT2D eigenvalue weighted by Gasteiger charge is 2.22. The Morgan fingerprint density at radius 3 is 2.86 bits per heavy atom. The van der Waals surface area contributed by atoms with Crippen LogP contribution in [0.5, 0.6) is 0 Å². The predicted octanol–water partition coefficient (Wildman–Crippen LogP) is 3.48. The second-order valence-electron chi connectivity index (χ2n) is 5.71. The van der Waals surface area contributed by atoms with Gasteiger partial charge in [-0.15, -0.1) is 0 Å². The third-order valence-electron chi connectivity index (χ3n) is 4.15. The molecule has 4 nitrogen and oxygen atoms in total. The van der Waals surface area contributed by atoms with E-state index in [0.29, 0.717) is 50.2 Å². The topological polar surface area (TPSA) is 60.2 Å². The monoisotopic (exact) mass is 285 g/mol. The van der Waals surface area contributed by atoms with Crippen LogP contribution < -0.4 is 0 Å². The average molecular weight is 285 g/mol. The van der Waals surface area contributed by atoms with E-state index >= 15 is 0 Å². The van der Waals surface area contributed by atoms with E-state index in [0.717, 1.165) is 17.5 Å². The summed E-state index contributed by atoms with van der Waals surface area (Å²) in [5.74, 6) is 1.23. The van der Waals surface area contributed by atoms with Gasteiger partial charge in [-0.2, -0.15) is 0 Å². The number of oxazole rings is 1. The van der Waals surface area contributed by atoms with Crippen LogP contribution in [0.1, 0.15) is 44.4 Å². The van der Waals surface area contributed by atoms with Gasteiger partial charge in [-0.25, -0.2) is 4.98 Å². The smallest absolute Gasteiger partial charge is 0.195 e. The molecule has 0 bridgehead atoms. The molecule has 1 saturated carbocycles. The number of carbonyl (C=O) groups excluding carboxylic acids is 2. The van der Waals surface area contributed by atoms with Crippen molar-refractivity contribution >= 4 is 22.7 Å². The molecule has 0 amide bonds. The van der Waals surface area contributed by atoms with Crippen LogP contribution >= 0.6 is 0 Å². The van der Waals surface area contributed by atoms with Crippen LogP contribution in [-0.4, -0.2) is 16.6 Å². The molecule has 0 aliphatic heterocycles. The molecule has 21 heavy (non-hydrogen) atoms. The van der Waals surface area contributed by atoms with E-state index in [1.165, 1.54) is 0 Å². The minimum Gasteiger partial charge on any atom is -0.441 e. The summed E-state index contributed by atoms with van der Waals surface area (Å²) in [6, 6.07) is 7.66. The van der Waals surface area contributed by atoms with Crippen LogP contribution in [0.2, 0.25) is 0 Å². The Morgan fingerprint density at radius 1 is 1.14 bits per heavy atom. The van der Waals surface area contributed by atoms with Gasteiger partial charge in [0.05, 0.1) is 0 Å². The number of rotatable bonds is 3. The van der Waals surface area contributed by atoms with Crippen molar-refractivity contribution in [1.29, 1.82) is 0 Å². The second kappa shape index (κ2) is 6.20. The number of carbonyl (C=O) groups is 2. The molecule has 4 heteroatoms. The molecular formula is C17H19NO3. The van der Waals surface area contributed by atoms with Crippen LogP contribution in [0.25, 0.3) is 11.1 Å². The Kier molecular flexibility index (Phi) is 4.13. The molecule has 1 heterocycles. The zero-order valence-corrected chi connectivity index (χ0v) is 12.0. The Bertz CT molecular complexity index is 626. The van der Waals surface area contributed by atoms with E-state index in [1.54, 1.807) is 0 Å². The molecule has 0 radical (unpaired) electrons. The lowest BCUT2D eigenvalue weighted by Gasteiger charge is -2.17. The van der Waals surface area contributed by atoms with E-state index in [1.807, 2.05) is 24.3 Å². The summed E-state index contributed by atoms with van der Waals surface area (Å²) < 4.78 is 5.68. The summed E-state index contributed by atoms with van der Waals surface area (Å²) in [6.45, 7) is 0. The number of fused-ring (bicyclic) bond motifs is 1. The summed E-state index contributed by atoms with van der Waals surface area (Å²) >= 11 is 0. The van der Waals surface area contributed by atoms with Crippen LogP contribution in [0.15, 0.2) is 28.7 Å². The fourth-order valence-corrected chi connectivity index (χ4v) is 2.92.